The minimum atomic E-state index is -0.806. The Morgan fingerprint density at radius 1 is 1.12 bits per heavy atom. The van der Waals surface area contributed by atoms with Crippen LogP contribution in [0.15, 0.2) is 42.5 Å². The van der Waals surface area contributed by atoms with E-state index in [1.807, 2.05) is 30.3 Å². The molecule has 0 aliphatic rings. The van der Waals surface area contributed by atoms with E-state index in [2.05, 4.69) is 12.2 Å². The van der Waals surface area contributed by atoms with Gasteiger partial charge >= 0.3 is 5.97 Å². The van der Waals surface area contributed by atoms with Crippen molar-refractivity contribution in [2.75, 3.05) is 0 Å². The molecule has 0 fully saturated rings. The molecule has 6 heteroatoms. The van der Waals surface area contributed by atoms with Gasteiger partial charge in [-0.25, -0.2) is 0 Å². The molecule has 0 spiro atoms. The molecule has 0 bridgehead atoms. The lowest BCUT2D eigenvalue weighted by Gasteiger charge is -2.14. The van der Waals surface area contributed by atoms with Crippen LogP contribution in [0.3, 0.4) is 0 Å². The maximum atomic E-state index is 11.2. The highest BCUT2D eigenvalue weighted by Gasteiger charge is 2.15. The third-order valence-corrected chi connectivity index (χ3v) is 4.75. The number of benzene rings is 2. The second-order valence-corrected chi connectivity index (χ2v) is 6.91. The van der Waals surface area contributed by atoms with Crippen LogP contribution < -0.4 is 10.1 Å². The summed E-state index contributed by atoms with van der Waals surface area (Å²) in [6, 6.07) is 12.5. The molecule has 4 nitrogen and oxygen atoms in total. The summed E-state index contributed by atoms with van der Waals surface area (Å²) in [5, 5.41) is 13.4. The van der Waals surface area contributed by atoms with Gasteiger partial charge in [0, 0.05) is 6.54 Å². The van der Waals surface area contributed by atoms with Gasteiger partial charge in [-0.3, -0.25) is 4.79 Å². The maximum absolute atomic E-state index is 11.2. The first-order chi connectivity index (χ1) is 12.5. The first-order valence-corrected chi connectivity index (χ1v) is 9.37. The number of hydrogen-bond donors (Lipinski definition) is 2. The number of hydrogen-bond acceptors (Lipinski definition) is 3. The molecule has 0 aliphatic carbocycles. The highest BCUT2D eigenvalue weighted by molar-refractivity contribution is 6.42. The smallest absolute Gasteiger partial charge is 0.320 e. The monoisotopic (exact) mass is 395 g/mol. The number of rotatable bonds is 10. The van der Waals surface area contributed by atoms with Gasteiger partial charge in [-0.15, -0.1) is 0 Å². The highest BCUT2D eigenvalue weighted by Crippen LogP contribution is 2.23. The molecule has 26 heavy (non-hydrogen) atoms. The number of carboxylic acid groups (broad SMARTS) is 1. The average Bonchev–Trinajstić information content (AvgIpc) is 2.63. The lowest BCUT2D eigenvalue weighted by molar-refractivity contribution is -0.139. The van der Waals surface area contributed by atoms with Gasteiger partial charge in [-0.05, 0) is 41.8 Å². The first-order valence-electron chi connectivity index (χ1n) is 8.61. The zero-order valence-corrected chi connectivity index (χ0v) is 16.2. The van der Waals surface area contributed by atoms with Crippen LogP contribution >= 0.6 is 23.2 Å². The van der Waals surface area contributed by atoms with E-state index in [1.54, 1.807) is 12.1 Å². The van der Waals surface area contributed by atoms with Gasteiger partial charge in [-0.2, -0.15) is 0 Å². The van der Waals surface area contributed by atoms with Crippen LogP contribution in [-0.2, 0) is 17.9 Å². The lowest BCUT2D eigenvalue weighted by Crippen LogP contribution is -2.36. The summed E-state index contributed by atoms with van der Waals surface area (Å²) in [5.74, 6) is -0.0689. The molecule has 0 amide bonds. The van der Waals surface area contributed by atoms with Crippen LogP contribution in [0.2, 0.25) is 10.0 Å². The van der Waals surface area contributed by atoms with Crippen molar-refractivity contribution in [2.45, 2.75) is 45.4 Å². The minimum absolute atomic E-state index is 0.395. The van der Waals surface area contributed by atoms with Crippen molar-refractivity contribution in [3.63, 3.8) is 0 Å². The molecule has 1 unspecified atom stereocenters. The summed E-state index contributed by atoms with van der Waals surface area (Å²) >= 11 is 11.9. The zero-order valence-electron chi connectivity index (χ0n) is 14.7. The zero-order chi connectivity index (χ0) is 18.9. The fraction of sp³-hybridized carbons (Fsp3) is 0.350. The largest absolute Gasteiger partial charge is 0.489 e. The van der Waals surface area contributed by atoms with Gasteiger partial charge < -0.3 is 15.2 Å². The number of carboxylic acids is 1. The van der Waals surface area contributed by atoms with Crippen molar-refractivity contribution < 1.29 is 14.6 Å². The molecule has 2 aromatic carbocycles. The lowest BCUT2D eigenvalue weighted by atomic mass is 10.1. The fourth-order valence-electron chi connectivity index (χ4n) is 2.46. The van der Waals surface area contributed by atoms with E-state index in [0.717, 1.165) is 29.7 Å². The first kappa shape index (κ1) is 20.6. The van der Waals surface area contributed by atoms with E-state index in [4.69, 9.17) is 27.9 Å². The van der Waals surface area contributed by atoms with Crippen LogP contribution in [0, 0.1) is 0 Å². The predicted molar refractivity (Wildman–Crippen MR) is 105 cm³/mol. The molecule has 0 radical (unpaired) electrons. The normalized spacial score (nSPS) is 12.0. The van der Waals surface area contributed by atoms with Crippen LogP contribution in [0.25, 0.3) is 0 Å². The quantitative estimate of drug-likeness (QED) is 0.572. The van der Waals surface area contributed by atoms with Crippen LogP contribution in [0.1, 0.15) is 37.3 Å². The van der Waals surface area contributed by atoms with Crippen molar-refractivity contribution in [1.29, 1.82) is 0 Å². The van der Waals surface area contributed by atoms with Gasteiger partial charge in [0.05, 0.1) is 10.0 Å². The predicted octanol–water partition coefficient (Wildman–Crippen LogP) is 5.31. The van der Waals surface area contributed by atoms with Crippen LogP contribution in [0.4, 0.5) is 0 Å². The Labute approximate surface area is 164 Å². The van der Waals surface area contributed by atoms with Gasteiger partial charge in [0.1, 0.15) is 18.4 Å². The Bertz CT molecular complexity index is 719. The van der Waals surface area contributed by atoms with E-state index in [9.17, 15) is 9.90 Å². The second-order valence-electron chi connectivity index (χ2n) is 6.10. The topological polar surface area (TPSA) is 58.6 Å². The maximum Gasteiger partial charge on any atom is 0.320 e. The fourth-order valence-corrected chi connectivity index (χ4v) is 2.78. The van der Waals surface area contributed by atoms with Crippen LogP contribution in [-0.4, -0.2) is 17.1 Å². The summed E-state index contributed by atoms with van der Waals surface area (Å²) < 4.78 is 5.74. The van der Waals surface area contributed by atoms with E-state index >= 15 is 0 Å². The summed E-state index contributed by atoms with van der Waals surface area (Å²) in [6.07, 6.45) is 2.51. The molecule has 0 heterocycles. The van der Waals surface area contributed by atoms with Gasteiger partial charge in [0.25, 0.3) is 0 Å². The molecular formula is C20H23Cl2NO3. The summed E-state index contributed by atoms with van der Waals surface area (Å²) in [7, 11) is 0. The minimum Gasteiger partial charge on any atom is -0.489 e. The number of nitrogens with one attached hydrogen (secondary N) is 1. The SMILES string of the molecule is CCCCC(NCc1ccc(OCc2ccc(Cl)c(Cl)c2)cc1)C(=O)O. The van der Waals surface area contributed by atoms with Crippen molar-refractivity contribution in [3.8, 4) is 5.75 Å². The Hall–Kier alpha value is -1.75. The summed E-state index contributed by atoms with van der Waals surface area (Å²) in [6.45, 7) is 2.95. The number of unbranched alkanes of at least 4 members (excludes halogenated alkanes) is 1. The summed E-state index contributed by atoms with van der Waals surface area (Å²) in [5.41, 5.74) is 1.94. The summed E-state index contributed by atoms with van der Waals surface area (Å²) in [4.78, 5) is 11.2. The second kappa shape index (κ2) is 10.4. The van der Waals surface area contributed by atoms with E-state index in [-0.39, 0.29) is 0 Å². The van der Waals surface area contributed by atoms with E-state index in [1.165, 1.54) is 0 Å². The number of aliphatic carboxylic acids is 1. The van der Waals surface area contributed by atoms with Gasteiger partial charge in [-0.1, -0.05) is 61.2 Å². The molecule has 1 atom stereocenters. The molecule has 140 valence electrons. The van der Waals surface area contributed by atoms with Crippen molar-refractivity contribution in [2.24, 2.45) is 0 Å². The molecule has 0 saturated carbocycles. The van der Waals surface area contributed by atoms with E-state index < -0.39 is 12.0 Å². The Morgan fingerprint density at radius 3 is 2.42 bits per heavy atom. The number of ether oxygens (including phenoxy) is 1. The van der Waals surface area contributed by atoms with Gasteiger partial charge in [0.15, 0.2) is 0 Å². The number of carbonyl (C=O) groups is 1. The Balaban J connectivity index is 1.85. The molecule has 0 aromatic heterocycles. The third kappa shape index (κ3) is 6.52. The third-order valence-electron chi connectivity index (χ3n) is 4.01. The molecule has 0 saturated heterocycles. The van der Waals surface area contributed by atoms with Crippen LogP contribution in [0.5, 0.6) is 5.75 Å². The molecule has 0 aliphatic heterocycles. The standard InChI is InChI=1S/C20H23Cl2NO3/c1-2-3-4-19(20(24)25)23-12-14-5-8-16(9-6-14)26-13-15-7-10-17(21)18(22)11-15/h5-11,19,23H,2-4,12-13H2,1H3,(H,24,25). The van der Waals surface area contributed by atoms with Crippen molar-refractivity contribution in [3.05, 3.63) is 63.6 Å². The molecule has 2 aromatic rings. The van der Waals surface area contributed by atoms with Gasteiger partial charge in [0.2, 0.25) is 0 Å². The Kier molecular flexibility index (Phi) is 8.23. The molecule has 2 rings (SSSR count). The average molecular weight is 396 g/mol. The highest BCUT2D eigenvalue weighted by atomic mass is 35.5. The van der Waals surface area contributed by atoms with Crippen molar-refractivity contribution in [1.82, 2.24) is 5.32 Å². The molecule has 2 N–H and O–H groups in total. The van der Waals surface area contributed by atoms with Crippen molar-refractivity contribution >= 4 is 29.2 Å². The number of halogens is 2. The van der Waals surface area contributed by atoms with E-state index in [0.29, 0.717) is 29.6 Å². The Morgan fingerprint density at radius 2 is 1.81 bits per heavy atom. The molecular weight excluding hydrogens is 373 g/mol.